The number of hydroxylamine groups is 2. The minimum Gasteiger partial charge on any atom is -0.477 e. The summed E-state index contributed by atoms with van der Waals surface area (Å²) in [4.78, 5) is 65.4. The molecule has 1 saturated heterocycles. The van der Waals surface area contributed by atoms with Gasteiger partial charge in [-0.1, -0.05) is 0 Å². The van der Waals surface area contributed by atoms with Crippen LogP contribution >= 0.6 is 27.0 Å². The van der Waals surface area contributed by atoms with Crippen molar-refractivity contribution in [3.05, 3.63) is 11.3 Å². The first-order valence-electron chi connectivity index (χ1n) is 11.8. The highest BCUT2D eigenvalue weighted by Gasteiger charge is 2.68. The minimum absolute atomic E-state index is 0.0255. The Morgan fingerprint density at radius 2 is 1.56 bits per heavy atom. The van der Waals surface area contributed by atoms with Crippen LogP contribution in [0.1, 0.15) is 19.8 Å². The predicted molar refractivity (Wildman–Crippen MR) is 139 cm³/mol. The highest BCUT2D eigenvalue weighted by atomic mass is 32.2. The first-order valence-corrected chi connectivity index (χ1v) is 15.9. The average Bonchev–Trinajstić information content (AvgIpc) is 2.94. The maximum atomic E-state index is 13.6. The summed E-state index contributed by atoms with van der Waals surface area (Å²) in [6, 6.07) is 0. The molecule has 2 atom stereocenters. The van der Waals surface area contributed by atoms with Crippen LogP contribution in [0.15, 0.2) is 11.3 Å². The van der Waals surface area contributed by atoms with E-state index in [1.54, 1.807) is 0 Å². The molecule has 0 aliphatic carbocycles. The number of carboxylic acid groups (broad SMARTS) is 1. The second-order valence-electron chi connectivity index (χ2n) is 8.78. The van der Waals surface area contributed by atoms with Gasteiger partial charge in [-0.05, 0) is 19.8 Å². The Morgan fingerprint density at radius 3 is 1.98 bits per heavy atom. The van der Waals surface area contributed by atoms with Gasteiger partial charge in [0.15, 0.2) is 4.90 Å². The molecule has 246 valence electrons. The molecule has 0 radical (unpaired) electrons. The first kappa shape index (κ1) is 37.0. The fourth-order valence-corrected chi connectivity index (χ4v) is 9.49. The van der Waals surface area contributed by atoms with Gasteiger partial charge in [0, 0.05) is 17.9 Å². The van der Waals surface area contributed by atoms with Gasteiger partial charge in [-0.3, -0.25) is 28.8 Å². The molecule has 6 N–H and O–H groups in total. The van der Waals surface area contributed by atoms with Crippen LogP contribution in [0, 0.1) is 0 Å². The van der Waals surface area contributed by atoms with E-state index in [0.29, 0.717) is 0 Å². The zero-order valence-corrected chi connectivity index (χ0v) is 26.1. The molecule has 3 amide bonds. The number of carboxylic acids is 1. The third-order valence-corrected chi connectivity index (χ3v) is 13.3. The molecule has 24 heteroatoms. The second-order valence-corrected chi connectivity index (χ2v) is 14.8. The largest absolute Gasteiger partial charge is 0.477 e. The molecule has 0 aromatic rings. The summed E-state index contributed by atoms with van der Waals surface area (Å²) in [7, 11) is -5.74. The Morgan fingerprint density at radius 1 is 1.07 bits per heavy atom. The summed E-state index contributed by atoms with van der Waals surface area (Å²) in [6.45, 7) is -0.106. The van der Waals surface area contributed by atoms with Crippen LogP contribution in [-0.4, -0.2) is 107 Å². The van der Waals surface area contributed by atoms with E-state index >= 15 is 0 Å². The molecule has 21 nitrogen and oxygen atoms in total. The van der Waals surface area contributed by atoms with E-state index in [1.807, 2.05) is 0 Å². The van der Waals surface area contributed by atoms with E-state index in [9.17, 15) is 38.6 Å². The lowest BCUT2D eigenvalue weighted by atomic mass is 9.86. The number of amides is 3. The van der Waals surface area contributed by atoms with Crippen LogP contribution in [0.5, 0.6) is 0 Å². The Bertz CT molecular complexity index is 1170. The number of carbonyl (C=O) groups excluding carboxylic acids is 3. The topological polar surface area (TPSA) is 284 Å². The number of hydrogen-bond acceptors (Lipinski definition) is 18. The Balaban J connectivity index is 2.29. The van der Waals surface area contributed by atoms with Crippen molar-refractivity contribution in [2.24, 2.45) is 11.5 Å². The van der Waals surface area contributed by atoms with Gasteiger partial charge in [0.1, 0.15) is 17.7 Å². The fraction of sp³-hybridized carbons (Fsp3) is 0.684. The molecule has 2 aliphatic rings. The van der Waals surface area contributed by atoms with E-state index in [1.165, 1.54) is 0 Å². The van der Waals surface area contributed by atoms with Crippen molar-refractivity contribution in [3.63, 3.8) is 0 Å². The summed E-state index contributed by atoms with van der Waals surface area (Å²) >= 11 is 0.880. The van der Waals surface area contributed by atoms with E-state index in [0.717, 1.165) is 52.0 Å². The predicted octanol–water partition coefficient (Wildman–Crippen LogP) is 0.445. The SMILES string of the molecule is COOP(=O)(OOC)C(C)(CCCN(O)C(=O)C1(N)C(=O)N2C(C(=O)O)=C(COC(N)=O)CSC21)P(=O)(OOC)OOC. The van der Waals surface area contributed by atoms with E-state index in [4.69, 9.17) is 30.2 Å². The van der Waals surface area contributed by atoms with Gasteiger partial charge in [0.25, 0.3) is 11.8 Å². The van der Waals surface area contributed by atoms with Crippen molar-refractivity contribution in [2.75, 3.05) is 47.3 Å². The van der Waals surface area contributed by atoms with E-state index in [-0.39, 0.29) is 22.8 Å². The zero-order chi connectivity index (χ0) is 32.8. The highest BCUT2D eigenvalue weighted by Crippen LogP contribution is 2.79. The third-order valence-electron chi connectivity index (χ3n) is 6.26. The molecule has 0 spiro atoms. The quantitative estimate of drug-likeness (QED) is 0.0381. The summed E-state index contributed by atoms with van der Waals surface area (Å²) in [5, 5.41) is 19.1. The number of primary amides is 1. The first-order chi connectivity index (χ1) is 20.0. The number of hydrogen-bond donors (Lipinski definition) is 4. The monoisotopic (exact) mass is 682 g/mol. The molecule has 0 saturated carbocycles. The Labute approximate surface area is 248 Å². The molecule has 0 aromatic heterocycles. The standard InChI is InChI=1S/C19H32N4O17P2S/c1-18(41(30,37-32-2)38-33-3,42(31,39-34-4)40-35-5)7-6-8-22(29)14(26)19(21)15(27)23-12(13(24)25)11(9-36-17(20)28)10-43-16(19)23/h16,29H,6-10,21H2,1-5H3,(H2,20,28)(H,24,25). The molecule has 43 heavy (non-hydrogen) atoms. The molecule has 0 bridgehead atoms. The lowest BCUT2D eigenvalue weighted by Gasteiger charge is -2.54. The van der Waals surface area contributed by atoms with Gasteiger partial charge in [0.2, 0.25) is 5.54 Å². The van der Waals surface area contributed by atoms with Gasteiger partial charge >= 0.3 is 27.3 Å². The van der Waals surface area contributed by atoms with Gasteiger partial charge in [-0.25, -0.2) is 34.2 Å². The number of ether oxygens (including phenoxy) is 1. The highest BCUT2D eigenvalue weighted by molar-refractivity contribution is 8.00. The van der Waals surface area contributed by atoms with Crippen LogP contribution in [0.2, 0.25) is 0 Å². The van der Waals surface area contributed by atoms with Gasteiger partial charge < -0.3 is 21.3 Å². The van der Waals surface area contributed by atoms with Crippen LogP contribution < -0.4 is 11.5 Å². The molecule has 2 unspecified atom stereocenters. The van der Waals surface area contributed by atoms with Crippen molar-refractivity contribution in [2.45, 2.75) is 35.6 Å². The Hall–Kier alpha value is -2.17. The molecule has 1 fully saturated rings. The van der Waals surface area contributed by atoms with Crippen LogP contribution in [0.4, 0.5) is 4.79 Å². The summed E-state index contributed by atoms with van der Waals surface area (Å²) < 4.78 is 50.9. The van der Waals surface area contributed by atoms with Crippen molar-refractivity contribution in [1.29, 1.82) is 0 Å². The smallest absolute Gasteiger partial charge is 0.404 e. The number of thioether (sulfide) groups is 1. The summed E-state index contributed by atoms with van der Waals surface area (Å²) in [5.74, 6) is -4.14. The van der Waals surface area contributed by atoms with Gasteiger partial charge in [-0.15, -0.1) is 30.5 Å². The number of fused-ring (bicyclic) bond motifs is 1. The van der Waals surface area contributed by atoms with Crippen molar-refractivity contribution in [1.82, 2.24) is 9.96 Å². The summed E-state index contributed by atoms with van der Waals surface area (Å²) in [5.41, 5.74) is 8.11. The Kier molecular flexibility index (Phi) is 12.7. The maximum absolute atomic E-state index is 13.6. The number of nitrogens with zero attached hydrogens (tertiary/aromatic N) is 2. The van der Waals surface area contributed by atoms with E-state index in [2.05, 4.69) is 24.3 Å². The van der Waals surface area contributed by atoms with Crippen LogP contribution in [0.3, 0.4) is 0 Å². The summed E-state index contributed by atoms with van der Waals surface area (Å²) in [6.07, 6.45) is -2.10. The number of β-lactam (4-membered cyclic amide) rings is 1. The van der Waals surface area contributed by atoms with Crippen molar-refractivity contribution < 1.29 is 81.6 Å². The molecule has 2 aliphatic heterocycles. The number of aliphatic carboxylic acids is 1. The average molecular weight is 682 g/mol. The van der Waals surface area contributed by atoms with Gasteiger partial charge in [-0.2, -0.15) is 0 Å². The lowest BCUT2D eigenvalue weighted by molar-refractivity contribution is -0.255. The molecular formula is C19H32N4O17P2S. The van der Waals surface area contributed by atoms with Crippen molar-refractivity contribution >= 4 is 50.8 Å². The van der Waals surface area contributed by atoms with Crippen LogP contribution in [0.25, 0.3) is 0 Å². The third kappa shape index (κ3) is 6.91. The molecule has 2 rings (SSSR count). The fourth-order valence-electron chi connectivity index (χ4n) is 4.15. The zero-order valence-electron chi connectivity index (χ0n) is 23.5. The number of rotatable bonds is 18. The van der Waals surface area contributed by atoms with E-state index < -0.39 is 80.1 Å². The number of carbonyl (C=O) groups is 4. The molecular weight excluding hydrogens is 650 g/mol. The van der Waals surface area contributed by atoms with Crippen molar-refractivity contribution in [3.8, 4) is 0 Å². The normalized spacial score (nSPS) is 20.9. The van der Waals surface area contributed by atoms with Crippen LogP contribution in [-0.2, 0) is 66.5 Å². The molecule has 0 aromatic carbocycles. The van der Waals surface area contributed by atoms with Gasteiger partial charge in [0.05, 0.1) is 28.4 Å². The lowest BCUT2D eigenvalue weighted by Crippen LogP contribution is -2.82. The number of nitrogens with two attached hydrogens (primary N) is 2. The molecule has 2 heterocycles. The second kappa shape index (κ2) is 14.7. The minimum atomic E-state index is -4.79. The maximum Gasteiger partial charge on any atom is 0.404 e.